The molecule has 0 aliphatic rings. The van der Waals surface area contributed by atoms with Gasteiger partial charge in [-0.2, -0.15) is 0 Å². The predicted molar refractivity (Wildman–Crippen MR) is 102 cm³/mol. The number of nitrogens with one attached hydrogen (secondary N) is 1. The summed E-state index contributed by atoms with van der Waals surface area (Å²) in [7, 11) is 0. The molecule has 0 saturated heterocycles. The Kier molecular flexibility index (Phi) is 5.83. The van der Waals surface area contributed by atoms with Crippen molar-refractivity contribution in [2.75, 3.05) is 0 Å². The maximum absolute atomic E-state index is 12.2. The fraction of sp³-hybridized carbons (Fsp3) is 0.263. The van der Waals surface area contributed by atoms with Gasteiger partial charge in [0.25, 0.3) is 0 Å². The van der Waals surface area contributed by atoms with Gasteiger partial charge in [0.2, 0.25) is 5.91 Å². The summed E-state index contributed by atoms with van der Waals surface area (Å²) in [4.78, 5) is 17.8. The predicted octanol–water partition coefficient (Wildman–Crippen LogP) is 4.51. The monoisotopic (exact) mass is 372 g/mol. The Morgan fingerprint density at radius 1 is 1.24 bits per heavy atom. The number of hydrogen-bond donors (Lipinski definition) is 1. The molecule has 3 aromatic rings. The Balaban J connectivity index is 1.49. The van der Waals surface area contributed by atoms with Crippen LogP contribution in [-0.2, 0) is 17.8 Å². The van der Waals surface area contributed by atoms with Crippen molar-refractivity contribution >= 4 is 28.6 Å². The number of aryl methyl sites for hydroxylation is 1. The lowest BCUT2D eigenvalue weighted by atomic mass is 10.2. The van der Waals surface area contributed by atoms with Crippen molar-refractivity contribution in [3.8, 4) is 5.75 Å². The zero-order valence-corrected chi connectivity index (χ0v) is 15.8. The van der Waals surface area contributed by atoms with Crippen molar-refractivity contribution in [1.82, 2.24) is 10.3 Å². The number of nitrogens with zero attached hydrogens (tertiary/aromatic N) is 1. The molecule has 2 aromatic heterocycles. The van der Waals surface area contributed by atoms with Crippen LogP contribution in [0.1, 0.15) is 34.1 Å². The van der Waals surface area contributed by atoms with Crippen LogP contribution in [0, 0.1) is 6.92 Å². The van der Waals surface area contributed by atoms with Gasteiger partial charge in [-0.25, -0.2) is 4.98 Å². The van der Waals surface area contributed by atoms with Gasteiger partial charge in [-0.3, -0.25) is 4.79 Å². The SMILES string of the molecule is Cc1ccc(OCc2nc(CC(=O)NC(C)c3cccs3)cs2)cc1. The first-order chi connectivity index (χ1) is 12.1. The van der Waals surface area contributed by atoms with Crippen LogP contribution in [0.3, 0.4) is 0 Å². The third kappa shape index (κ3) is 5.14. The molecule has 0 bridgehead atoms. The lowest BCUT2D eigenvalue weighted by Crippen LogP contribution is -2.27. The average Bonchev–Trinajstić information content (AvgIpc) is 3.26. The highest BCUT2D eigenvalue weighted by molar-refractivity contribution is 7.10. The van der Waals surface area contributed by atoms with Crippen molar-refractivity contribution in [2.45, 2.75) is 32.9 Å². The molecular weight excluding hydrogens is 352 g/mol. The van der Waals surface area contributed by atoms with Gasteiger partial charge < -0.3 is 10.1 Å². The minimum atomic E-state index is -0.0165. The van der Waals surface area contributed by atoms with Crippen molar-refractivity contribution in [2.24, 2.45) is 0 Å². The highest BCUT2D eigenvalue weighted by atomic mass is 32.1. The molecule has 1 amide bonds. The topological polar surface area (TPSA) is 51.2 Å². The van der Waals surface area contributed by atoms with Crippen LogP contribution < -0.4 is 10.1 Å². The lowest BCUT2D eigenvalue weighted by molar-refractivity contribution is -0.121. The molecule has 0 aliphatic carbocycles. The fourth-order valence-corrected chi connectivity index (χ4v) is 3.78. The van der Waals surface area contributed by atoms with Crippen molar-refractivity contribution in [1.29, 1.82) is 0 Å². The van der Waals surface area contributed by atoms with Gasteiger partial charge in [-0.05, 0) is 37.4 Å². The Morgan fingerprint density at radius 3 is 2.76 bits per heavy atom. The van der Waals surface area contributed by atoms with E-state index in [2.05, 4.69) is 10.3 Å². The second-order valence-corrected chi connectivity index (χ2v) is 7.74. The van der Waals surface area contributed by atoms with Gasteiger partial charge in [0.05, 0.1) is 18.2 Å². The second-order valence-electron chi connectivity index (χ2n) is 5.82. The number of carbonyl (C=O) groups is 1. The maximum atomic E-state index is 12.2. The quantitative estimate of drug-likeness (QED) is 0.664. The summed E-state index contributed by atoms with van der Waals surface area (Å²) >= 11 is 3.16. The van der Waals surface area contributed by atoms with E-state index < -0.39 is 0 Å². The van der Waals surface area contributed by atoms with Crippen molar-refractivity contribution in [3.63, 3.8) is 0 Å². The summed E-state index contributed by atoms with van der Waals surface area (Å²) in [6.45, 7) is 4.45. The van der Waals surface area contributed by atoms with E-state index in [1.54, 1.807) is 11.3 Å². The number of hydrogen-bond acceptors (Lipinski definition) is 5. The first kappa shape index (κ1) is 17.6. The molecule has 1 unspecified atom stereocenters. The van der Waals surface area contributed by atoms with Gasteiger partial charge in [0.15, 0.2) is 0 Å². The molecule has 0 fully saturated rings. The standard InChI is InChI=1S/C19H20N2O2S2/c1-13-5-7-16(8-6-13)23-11-19-21-15(12-25-19)10-18(22)20-14(2)17-4-3-9-24-17/h3-9,12,14H,10-11H2,1-2H3,(H,20,22). The number of thiazole rings is 1. The van der Waals surface area contributed by atoms with Gasteiger partial charge in [0.1, 0.15) is 17.4 Å². The number of benzene rings is 1. The number of thiophene rings is 1. The molecule has 1 atom stereocenters. The fourth-order valence-electron chi connectivity index (χ4n) is 2.34. The Morgan fingerprint density at radius 2 is 2.04 bits per heavy atom. The third-order valence-corrected chi connectivity index (χ3v) is 5.60. The van der Waals surface area contributed by atoms with Crippen molar-refractivity contribution < 1.29 is 9.53 Å². The van der Waals surface area contributed by atoms with Gasteiger partial charge in [-0.1, -0.05) is 23.8 Å². The van der Waals surface area contributed by atoms with Crippen LogP contribution >= 0.6 is 22.7 Å². The Labute approximate surface area is 155 Å². The molecule has 130 valence electrons. The molecule has 2 heterocycles. The number of ether oxygens (including phenoxy) is 1. The largest absolute Gasteiger partial charge is 0.486 e. The van der Waals surface area contributed by atoms with Gasteiger partial charge >= 0.3 is 0 Å². The number of amides is 1. The molecule has 1 N–H and O–H groups in total. The first-order valence-electron chi connectivity index (χ1n) is 8.05. The van der Waals surface area contributed by atoms with Crippen molar-refractivity contribution in [3.05, 3.63) is 68.3 Å². The van der Waals surface area contributed by atoms with E-state index in [1.165, 1.54) is 16.9 Å². The second kappa shape index (κ2) is 8.27. The molecule has 0 aliphatic heterocycles. The van der Waals surface area contributed by atoms with Crippen LogP contribution in [0.15, 0.2) is 47.2 Å². The van der Waals surface area contributed by atoms with Crippen LogP contribution in [0.5, 0.6) is 5.75 Å². The van der Waals surface area contributed by atoms with Crippen LogP contribution in [0.25, 0.3) is 0 Å². The lowest BCUT2D eigenvalue weighted by Gasteiger charge is -2.11. The van der Waals surface area contributed by atoms with E-state index in [0.717, 1.165) is 21.3 Å². The summed E-state index contributed by atoms with van der Waals surface area (Å²) < 4.78 is 5.73. The molecular formula is C19H20N2O2S2. The smallest absolute Gasteiger partial charge is 0.226 e. The average molecular weight is 373 g/mol. The van der Waals surface area contributed by atoms with E-state index in [1.807, 2.05) is 61.0 Å². The molecule has 3 rings (SSSR count). The van der Waals surface area contributed by atoms with Crippen LogP contribution in [0.2, 0.25) is 0 Å². The molecule has 25 heavy (non-hydrogen) atoms. The molecule has 4 nitrogen and oxygen atoms in total. The highest BCUT2D eigenvalue weighted by Gasteiger charge is 2.12. The zero-order valence-electron chi connectivity index (χ0n) is 14.2. The maximum Gasteiger partial charge on any atom is 0.226 e. The molecule has 6 heteroatoms. The summed E-state index contributed by atoms with van der Waals surface area (Å²) in [5.74, 6) is 0.807. The normalized spacial score (nSPS) is 11.9. The van der Waals surface area contributed by atoms with E-state index in [4.69, 9.17) is 4.74 Å². The van der Waals surface area contributed by atoms with Gasteiger partial charge in [0, 0.05) is 10.3 Å². The minimum absolute atomic E-state index is 0.0165. The molecule has 0 spiro atoms. The highest BCUT2D eigenvalue weighted by Crippen LogP contribution is 2.19. The minimum Gasteiger partial charge on any atom is -0.486 e. The van der Waals surface area contributed by atoms with Gasteiger partial charge in [-0.15, -0.1) is 22.7 Å². The number of carbonyl (C=O) groups excluding carboxylic acids is 1. The Hall–Kier alpha value is -2.18. The number of aromatic nitrogens is 1. The Bertz CT molecular complexity index is 810. The summed E-state index contributed by atoms with van der Waals surface area (Å²) in [5.41, 5.74) is 1.98. The summed E-state index contributed by atoms with van der Waals surface area (Å²) in [6.07, 6.45) is 0.288. The summed E-state index contributed by atoms with van der Waals surface area (Å²) in [5, 5.41) is 7.81. The van der Waals surface area contributed by atoms with E-state index >= 15 is 0 Å². The first-order valence-corrected chi connectivity index (χ1v) is 9.81. The molecule has 0 radical (unpaired) electrons. The summed E-state index contributed by atoms with van der Waals surface area (Å²) in [6, 6.07) is 12.0. The number of rotatable bonds is 7. The van der Waals surface area contributed by atoms with Crippen LogP contribution in [-0.4, -0.2) is 10.9 Å². The van der Waals surface area contributed by atoms with Crippen LogP contribution in [0.4, 0.5) is 0 Å². The molecule has 1 aromatic carbocycles. The van der Waals surface area contributed by atoms with E-state index in [-0.39, 0.29) is 18.4 Å². The van der Waals surface area contributed by atoms with E-state index in [0.29, 0.717) is 6.61 Å². The molecule has 0 saturated carbocycles. The van der Waals surface area contributed by atoms with E-state index in [9.17, 15) is 4.79 Å². The zero-order chi connectivity index (χ0) is 17.6. The third-order valence-electron chi connectivity index (χ3n) is 3.67.